The van der Waals surface area contributed by atoms with Crippen molar-refractivity contribution in [1.29, 1.82) is 0 Å². The van der Waals surface area contributed by atoms with E-state index in [1.165, 1.54) is 16.7 Å². The van der Waals surface area contributed by atoms with E-state index >= 15 is 0 Å². The number of rotatable bonds is 6. The molecule has 10 heteroatoms. The molecule has 3 aromatic rings. The number of aliphatic hydroxyl groups excluding tert-OH is 1. The number of aliphatic hydroxyl groups is 1. The van der Waals surface area contributed by atoms with Crippen LogP contribution < -0.4 is 10.5 Å². The first-order valence-electron chi connectivity index (χ1n) is 10.8. The predicted octanol–water partition coefficient (Wildman–Crippen LogP) is 2.37. The zero-order valence-electron chi connectivity index (χ0n) is 17.8. The number of nitrogens with zero attached hydrogens (tertiary/aromatic N) is 3. The second-order valence-electron chi connectivity index (χ2n) is 8.79. The van der Waals surface area contributed by atoms with Gasteiger partial charge in [-0.2, -0.15) is 8.42 Å². The molecule has 0 unspecified atom stereocenters. The summed E-state index contributed by atoms with van der Waals surface area (Å²) in [4.78, 5) is 9.00. The normalized spacial score (nSPS) is 25.3. The lowest BCUT2D eigenvalue weighted by atomic mass is 10.0. The molecule has 0 radical (unpaired) electrons. The average molecular weight is 458 g/mol. The molecule has 4 N–H and O–H groups in total. The van der Waals surface area contributed by atoms with E-state index in [9.17, 15) is 13.5 Å². The summed E-state index contributed by atoms with van der Waals surface area (Å²) in [6, 6.07) is 8.61. The Morgan fingerprint density at radius 2 is 2.12 bits per heavy atom. The zero-order chi connectivity index (χ0) is 22.5. The van der Waals surface area contributed by atoms with Crippen molar-refractivity contribution in [2.24, 2.45) is 11.1 Å². The summed E-state index contributed by atoms with van der Waals surface area (Å²) in [6.45, 7) is 2.03. The first-order chi connectivity index (χ1) is 15.3. The maximum Gasteiger partial charge on any atom is 0.333 e. The number of anilines is 1. The van der Waals surface area contributed by atoms with Gasteiger partial charge in [-0.1, -0.05) is 18.2 Å². The van der Waals surface area contributed by atoms with Crippen molar-refractivity contribution in [2.45, 2.75) is 50.8 Å². The van der Waals surface area contributed by atoms with Crippen molar-refractivity contribution in [3.8, 4) is 0 Å². The SMILES string of the molecule is Cc1cccc2c1CC[C@@H]2Nc1ncnc2c1ccn2[C@@H]1C[C@@H](COS(N)(=O)=O)[C@@H](O)C1. The van der Waals surface area contributed by atoms with E-state index in [0.29, 0.717) is 12.8 Å². The Balaban J connectivity index is 1.37. The van der Waals surface area contributed by atoms with Crippen molar-refractivity contribution in [3.05, 3.63) is 53.5 Å². The Morgan fingerprint density at radius 1 is 1.28 bits per heavy atom. The van der Waals surface area contributed by atoms with Gasteiger partial charge in [-0.15, -0.1) is 0 Å². The van der Waals surface area contributed by atoms with Gasteiger partial charge in [0.15, 0.2) is 0 Å². The molecular weight excluding hydrogens is 430 g/mol. The summed E-state index contributed by atoms with van der Waals surface area (Å²) in [6.07, 6.45) is 5.98. The Hall–Kier alpha value is -2.53. The topological polar surface area (TPSA) is 132 Å². The number of aromatic nitrogens is 3. The molecule has 9 nitrogen and oxygen atoms in total. The standard InChI is InChI=1S/C22H27N5O4S/c1-13-3-2-4-17-16(13)5-6-19(17)26-21-18-7-8-27(22(18)25-12-24-21)15-9-14(20(28)10-15)11-31-32(23,29)30/h2-4,7-8,12,14-15,19-20,28H,5-6,9-11H2,1H3,(H2,23,29,30)(H,24,25,26)/t14-,15+,19-,20-/m0/s1. The zero-order valence-corrected chi connectivity index (χ0v) is 18.6. The Morgan fingerprint density at radius 3 is 2.94 bits per heavy atom. The van der Waals surface area contributed by atoms with Crippen LogP contribution in [0.2, 0.25) is 0 Å². The molecule has 2 aliphatic rings. The molecule has 32 heavy (non-hydrogen) atoms. The molecule has 1 saturated carbocycles. The maximum atomic E-state index is 11.1. The lowest BCUT2D eigenvalue weighted by Crippen LogP contribution is -2.24. The fourth-order valence-corrected chi connectivity index (χ4v) is 5.56. The Kier molecular flexibility index (Phi) is 5.40. The second kappa shape index (κ2) is 8.11. The van der Waals surface area contributed by atoms with Crippen LogP contribution in [0.5, 0.6) is 0 Å². The Bertz CT molecular complexity index is 1260. The van der Waals surface area contributed by atoms with Crippen LogP contribution in [0.25, 0.3) is 11.0 Å². The van der Waals surface area contributed by atoms with Crippen LogP contribution in [0.3, 0.4) is 0 Å². The van der Waals surface area contributed by atoms with E-state index in [0.717, 1.165) is 29.7 Å². The van der Waals surface area contributed by atoms with E-state index < -0.39 is 16.4 Å². The number of hydrogen-bond acceptors (Lipinski definition) is 7. The third-order valence-corrected chi connectivity index (χ3v) is 7.26. The molecule has 0 spiro atoms. The van der Waals surface area contributed by atoms with Crippen LogP contribution in [0.15, 0.2) is 36.8 Å². The number of hydrogen-bond donors (Lipinski definition) is 3. The highest BCUT2D eigenvalue weighted by atomic mass is 32.2. The van der Waals surface area contributed by atoms with Gasteiger partial charge in [-0.25, -0.2) is 15.1 Å². The van der Waals surface area contributed by atoms with Crippen molar-refractivity contribution in [1.82, 2.24) is 14.5 Å². The summed E-state index contributed by atoms with van der Waals surface area (Å²) in [7, 11) is -4.03. The third-order valence-electron chi connectivity index (χ3n) is 6.80. The van der Waals surface area contributed by atoms with Crippen LogP contribution in [0, 0.1) is 12.8 Å². The van der Waals surface area contributed by atoms with Crippen molar-refractivity contribution >= 4 is 27.2 Å². The molecule has 2 heterocycles. The number of nitrogens with two attached hydrogens (primary N) is 1. The molecule has 4 atom stereocenters. The van der Waals surface area contributed by atoms with E-state index in [2.05, 4.69) is 40.4 Å². The molecule has 0 aliphatic heterocycles. The molecule has 0 bridgehead atoms. The highest BCUT2D eigenvalue weighted by Crippen LogP contribution is 2.39. The summed E-state index contributed by atoms with van der Waals surface area (Å²) in [5.41, 5.74) is 4.86. The molecule has 1 fully saturated rings. The minimum absolute atomic E-state index is 0.0193. The molecule has 0 saturated heterocycles. The van der Waals surface area contributed by atoms with Crippen molar-refractivity contribution in [3.63, 3.8) is 0 Å². The van der Waals surface area contributed by atoms with Gasteiger partial charge in [-0.05, 0) is 55.4 Å². The molecule has 170 valence electrons. The number of aryl methyl sites for hydroxylation is 1. The fourth-order valence-electron chi connectivity index (χ4n) is 5.20. The predicted molar refractivity (Wildman–Crippen MR) is 120 cm³/mol. The largest absolute Gasteiger partial charge is 0.393 e. The lowest BCUT2D eigenvalue weighted by Gasteiger charge is -2.17. The summed E-state index contributed by atoms with van der Waals surface area (Å²) in [5, 5.41) is 19.9. The number of nitrogens with one attached hydrogen (secondary N) is 1. The summed E-state index contributed by atoms with van der Waals surface area (Å²) in [5.74, 6) is 0.481. The van der Waals surface area contributed by atoms with E-state index in [-0.39, 0.29) is 24.6 Å². The molecule has 5 rings (SSSR count). The first-order valence-corrected chi connectivity index (χ1v) is 12.3. The maximum absolute atomic E-state index is 11.1. The summed E-state index contributed by atoms with van der Waals surface area (Å²) >= 11 is 0. The van der Waals surface area contributed by atoms with Crippen LogP contribution >= 0.6 is 0 Å². The van der Waals surface area contributed by atoms with Gasteiger partial charge >= 0.3 is 10.3 Å². The molecule has 0 amide bonds. The van der Waals surface area contributed by atoms with Gasteiger partial charge in [0.25, 0.3) is 0 Å². The van der Waals surface area contributed by atoms with Gasteiger partial charge in [0, 0.05) is 18.2 Å². The van der Waals surface area contributed by atoms with Crippen molar-refractivity contribution in [2.75, 3.05) is 11.9 Å². The highest BCUT2D eigenvalue weighted by molar-refractivity contribution is 7.84. The highest BCUT2D eigenvalue weighted by Gasteiger charge is 2.35. The second-order valence-corrected chi connectivity index (χ2v) is 10.0. The average Bonchev–Trinajstić information content (AvgIpc) is 3.44. The van der Waals surface area contributed by atoms with Gasteiger partial charge in [0.05, 0.1) is 24.1 Å². The van der Waals surface area contributed by atoms with Crippen LogP contribution in [0.1, 0.15) is 48.0 Å². The minimum Gasteiger partial charge on any atom is -0.393 e. The lowest BCUT2D eigenvalue weighted by molar-refractivity contribution is 0.100. The minimum atomic E-state index is -4.03. The number of benzene rings is 1. The van der Waals surface area contributed by atoms with E-state index in [1.807, 2.05) is 16.8 Å². The molecular formula is C22H27N5O4S. The van der Waals surface area contributed by atoms with Crippen LogP contribution in [-0.4, -0.2) is 40.8 Å². The van der Waals surface area contributed by atoms with Crippen molar-refractivity contribution < 1.29 is 17.7 Å². The molecule has 1 aromatic carbocycles. The summed E-state index contributed by atoms with van der Waals surface area (Å²) < 4.78 is 28.9. The van der Waals surface area contributed by atoms with Crippen LogP contribution in [-0.2, 0) is 20.9 Å². The van der Waals surface area contributed by atoms with Gasteiger partial charge in [0.2, 0.25) is 0 Å². The first kappa shape index (κ1) is 21.3. The Labute approximate surface area is 186 Å². The van der Waals surface area contributed by atoms with Gasteiger partial charge < -0.3 is 15.0 Å². The molecule has 2 aromatic heterocycles. The monoisotopic (exact) mass is 457 g/mol. The number of fused-ring (bicyclic) bond motifs is 2. The third kappa shape index (κ3) is 3.99. The molecule has 2 aliphatic carbocycles. The van der Waals surface area contributed by atoms with Gasteiger partial charge in [-0.3, -0.25) is 4.18 Å². The fraction of sp³-hybridized carbons (Fsp3) is 0.455. The smallest absolute Gasteiger partial charge is 0.333 e. The van der Waals surface area contributed by atoms with E-state index in [1.54, 1.807) is 6.33 Å². The van der Waals surface area contributed by atoms with E-state index in [4.69, 9.17) is 9.32 Å². The quantitative estimate of drug-likeness (QED) is 0.518. The van der Waals surface area contributed by atoms with Crippen LogP contribution in [0.4, 0.5) is 5.82 Å². The van der Waals surface area contributed by atoms with Gasteiger partial charge in [0.1, 0.15) is 17.8 Å².